The summed E-state index contributed by atoms with van der Waals surface area (Å²) in [5.41, 5.74) is 0.300. The molecule has 1 heterocycles. The summed E-state index contributed by atoms with van der Waals surface area (Å²) in [5.74, 6) is -1.37. The van der Waals surface area contributed by atoms with Crippen LogP contribution in [0.1, 0.15) is 18.4 Å². The van der Waals surface area contributed by atoms with Gasteiger partial charge in [-0.15, -0.1) is 12.4 Å². The normalized spacial score (nSPS) is 18.5. The molecule has 0 aromatic heterocycles. The lowest BCUT2D eigenvalue weighted by Crippen LogP contribution is -2.40. The van der Waals surface area contributed by atoms with Crippen LogP contribution in [0.4, 0.5) is 8.78 Å². The Morgan fingerprint density at radius 1 is 1.42 bits per heavy atom. The van der Waals surface area contributed by atoms with E-state index in [-0.39, 0.29) is 30.8 Å². The third-order valence-corrected chi connectivity index (χ3v) is 3.14. The summed E-state index contributed by atoms with van der Waals surface area (Å²) < 4.78 is 26.0. The molecule has 19 heavy (non-hydrogen) atoms. The van der Waals surface area contributed by atoms with Crippen LogP contribution in [0.15, 0.2) is 18.2 Å². The van der Waals surface area contributed by atoms with Crippen LogP contribution in [-0.4, -0.2) is 19.0 Å². The number of rotatable bonds is 3. The Balaban J connectivity index is 0.00000180. The highest BCUT2D eigenvalue weighted by atomic mass is 35.5. The van der Waals surface area contributed by atoms with Crippen LogP contribution >= 0.6 is 12.4 Å². The van der Waals surface area contributed by atoms with Gasteiger partial charge in [0.2, 0.25) is 5.91 Å². The highest BCUT2D eigenvalue weighted by molar-refractivity contribution is 5.85. The van der Waals surface area contributed by atoms with E-state index in [0.29, 0.717) is 12.1 Å². The Morgan fingerprint density at radius 3 is 2.84 bits per heavy atom. The lowest BCUT2D eigenvalue weighted by molar-refractivity contribution is -0.125. The van der Waals surface area contributed by atoms with E-state index in [1.54, 1.807) is 0 Å². The zero-order valence-electron chi connectivity index (χ0n) is 10.4. The Labute approximate surface area is 117 Å². The van der Waals surface area contributed by atoms with Crippen molar-refractivity contribution in [2.45, 2.75) is 19.4 Å². The minimum Gasteiger partial charge on any atom is -0.352 e. The van der Waals surface area contributed by atoms with Crippen molar-refractivity contribution in [2.75, 3.05) is 13.1 Å². The van der Waals surface area contributed by atoms with Gasteiger partial charge in [0, 0.05) is 24.7 Å². The summed E-state index contributed by atoms with van der Waals surface area (Å²) >= 11 is 0. The molecule has 0 radical (unpaired) electrons. The van der Waals surface area contributed by atoms with Crippen molar-refractivity contribution in [3.8, 4) is 0 Å². The van der Waals surface area contributed by atoms with Crippen LogP contribution in [0, 0.1) is 17.6 Å². The molecule has 1 aliphatic heterocycles. The molecule has 6 heteroatoms. The summed E-state index contributed by atoms with van der Waals surface area (Å²) in [7, 11) is 0. The average molecular weight is 291 g/mol. The summed E-state index contributed by atoms with van der Waals surface area (Å²) in [5, 5.41) is 5.84. The lowest BCUT2D eigenvalue weighted by atomic mass is 9.99. The molecular formula is C13H17ClF2N2O. The first-order valence-electron chi connectivity index (χ1n) is 6.09. The highest BCUT2D eigenvalue weighted by Crippen LogP contribution is 2.12. The van der Waals surface area contributed by atoms with Gasteiger partial charge >= 0.3 is 0 Å². The van der Waals surface area contributed by atoms with Gasteiger partial charge in [-0.25, -0.2) is 8.78 Å². The lowest BCUT2D eigenvalue weighted by Gasteiger charge is -2.21. The molecule has 1 atom stereocenters. The molecule has 1 unspecified atom stereocenters. The molecule has 106 valence electrons. The Bertz CT molecular complexity index is 437. The first-order valence-corrected chi connectivity index (χ1v) is 6.09. The Hall–Kier alpha value is -1.20. The number of hydrogen-bond donors (Lipinski definition) is 2. The second-order valence-corrected chi connectivity index (χ2v) is 4.50. The molecule has 2 N–H and O–H groups in total. The van der Waals surface area contributed by atoms with Gasteiger partial charge in [-0.05, 0) is 25.5 Å². The van der Waals surface area contributed by atoms with Gasteiger partial charge in [-0.3, -0.25) is 4.79 Å². The Morgan fingerprint density at radius 2 is 2.21 bits per heavy atom. The molecule has 1 aromatic carbocycles. The first kappa shape index (κ1) is 15.9. The summed E-state index contributed by atoms with van der Waals surface area (Å²) in [6.45, 7) is 1.70. The van der Waals surface area contributed by atoms with Crippen LogP contribution in [0.5, 0.6) is 0 Å². The van der Waals surface area contributed by atoms with Crippen molar-refractivity contribution in [1.82, 2.24) is 10.6 Å². The predicted molar refractivity (Wildman–Crippen MR) is 71.0 cm³/mol. The second-order valence-electron chi connectivity index (χ2n) is 4.50. The molecule has 1 saturated heterocycles. The zero-order chi connectivity index (χ0) is 13.0. The number of benzene rings is 1. The van der Waals surface area contributed by atoms with Gasteiger partial charge in [0.05, 0.1) is 5.92 Å². The number of piperidine rings is 1. The summed E-state index contributed by atoms with van der Waals surface area (Å²) in [4.78, 5) is 11.8. The number of carbonyl (C=O) groups is 1. The molecule has 1 aromatic rings. The maximum Gasteiger partial charge on any atom is 0.224 e. The minimum atomic E-state index is -0.628. The third kappa shape index (κ3) is 4.44. The van der Waals surface area contributed by atoms with E-state index in [1.807, 2.05) is 0 Å². The molecule has 1 fully saturated rings. The average Bonchev–Trinajstić information content (AvgIpc) is 2.38. The number of hydrogen-bond acceptors (Lipinski definition) is 2. The molecule has 3 nitrogen and oxygen atoms in total. The fraction of sp³-hybridized carbons (Fsp3) is 0.462. The number of nitrogens with one attached hydrogen (secondary N) is 2. The topological polar surface area (TPSA) is 41.1 Å². The smallest absolute Gasteiger partial charge is 0.224 e. The van der Waals surface area contributed by atoms with Crippen LogP contribution in [0.2, 0.25) is 0 Å². The molecule has 0 aliphatic carbocycles. The molecule has 1 aliphatic rings. The molecule has 0 spiro atoms. The van der Waals surface area contributed by atoms with Crippen molar-refractivity contribution in [3.63, 3.8) is 0 Å². The van der Waals surface area contributed by atoms with Crippen molar-refractivity contribution < 1.29 is 13.6 Å². The van der Waals surface area contributed by atoms with E-state index in [1.165, 1.54) is 12.1 Å². The van der Waals surface area contributed by atoms with E-state index < -0.39 is 11.6 Å². The van der Waals surface area contributed by atoms with Crippen LogP contribution < -0.4 is 10.6 Å². The summed E-state index contributed by atoms with van der Waals surface area (Å²) in [6.07, 6.45) is 1.83. The van der Waals surface area contributed by atoms with E-state index in [0.717, 1.165) is 25.5 Å². The molecular weight excluding hydrogens is 274 g/mol. The van der Waals surface area contributed by atoms with Gasteiger partial charge in [0.15, 0.2) is 0 Å². The van der Waals surface area contributed by atoms with E-state index in [4.69, 9.17) is 0 Å². The Kier molecular flexibility index (Phi) is 6.18. The zero-order valence-corrected chi connectivity index (χ0v) is 11.2. The fourth-order valence-electron chi connectivity index (χ4n) is 2.07. The van der Waals surface area contributed by atoms with Crippen molar-refractivity contribution in [1.29, 1.82) is 0 Å². The maximum absolute atomic E-state index is 13.3. The quantitative estimate of drug-likeness (QED) is 0.894. The first-order chi connectivity index (χ1) is 8.66. The van der Waals surface area contributed by atoms with E-state index >= 15 is 0 Å². The van der Waals surface area contributed by atoms with Gasteiger partial charge in [-0.1, -0.05) is 6.07 Å². The van der Waals surface area contributed by atoms with E-state index in [2.05, 4.69) is 10.6 Å². The highest BCUT2D eigenvalue weighted by Gasteiger charge is 2.20. The fourth-order valence-corrected chi connectivity index (χ4v) is 2.07. The summed E-state index contributed by atoms with van der Waals surface area (Å²) in [6, 6.07) is 3.36. The number of carbonyl (C=O) groups excluding carboxylic acids is 1. The second kappa shape index (κ2) is 7.40. The van der Waals surface area contributed by atoms with Crippen molar-refractivity contribution >= 4 is 18.3 Å². The van der Waals surface area contributed by atoms with E-state index in [9.17, 15) is 13.6 Å². The van der Waals surface area contributed by atoms with Gasteiger partial charge in [-0.2, -0.15) is 0 Å². The van der Waals surface area contributed by atoms with Gasteiger partial charge < -0.3 is 10.6 Å². The molecule has 1 amide bonds. The maximum atomic E-state index is 13.3. The van der Waals surface area contributed by atoms with Crippen LogP contribution in [0.25, 0.3) is 0 Å². The number of amides is 1. The third-order valence-electron chi connectivity index (χ3n) is 3.14. The molecule has 0 bridgehead atoms. The van der Waals surface area contributed by atoms with Gasteiger partial charge in [0.1, 0.15) is 11.6 Å². The number of halogens is 3. The standard InChI is InChI=1S/C13H16F2N2O.ClH/c14-11-4-3-9(12(15)6-11)8-17-13(18)10-2-1-5-16-7-10;/h3-4,6,10,16H,1-2,5,7-8H2,(H,17,18);1H. The minimum absolute atomic E-state index is 0. The molecule has 0 saturated carbocycles. The van der Waals surface area contributed by atoms with Crippen molar-refractivity contribution in [2.24, 2.45) is 5.92 Å². The van der Waals surface area contributed by atoms with Gasteiger partial charge in [0.25, 0.3) is 0 Å². The van der Waals surface area contributed by atoms with Crippen LogP contribution in [-0.2, 0) is 11.3 Å². The SMILES string of the molecule is Cl.O=C(NCc1ccc(F)cc1F)C1CCCNC1. The predicted octanol–water partition coefficient (Wildman–Crippen LogP) is 2.00. The largest absolute Gasteiger partial charge is 0.352 e. The molecule has 2 rings (SSSR count). The van der Waals surface area contributed by atoms with Crippen LogP contribution in [0.3, 0.4) is 0 Å². The van der Waals surface area contributed by atoms with Crippen molar-refractivity contribution in [3.05, 3.63) is 35.4 Å². The monoisotopic (exact) mass is 290 g/mol.